The lowest BCUT2D eigenvalue weighted by atomic mass is 10.1. The minimum Gasteiger partial charge on any atom is -0.384 e. The van der Waals surface area contributed by atoms with Crippen LogP contribution in [0.3, 0.4) is 0 Å². The molecule has 17 heavy (non-hydrogen) atoms. The second kappa shape index (κ2) is 6.66. The first-order chi connectivity index (χ1) is 8.15. The van der Waals surface area contributed by atoms with Crippen molar-refractivity contribution in [2.45, 2.75) is 13.3 Å². The first-order valence-electron chi connectivity index (χ1n) is 5.44. The number of methoxy groups -OCH3 is 1. The number of rotatable bonds is 5. The van der Waals surface area contributed by atoms with E-state index in [1.165, 1.54) is 0 Å². The lowest BCUT2D eigenvalue weighted by Crippen LogP contribution is -2.17. The number of benzene rings is 1. The van der Waals surface area contributed by atoms with Crippen molar-refractivity contribution in [3.63, 3.8) is 0 Å². The number of nitrogens with zero attached hydrogens (tertiary/aromatic N) is 1. The van der Waals surface area contributed by atoms with Crippen LogP contribution in [0.15, 0.2) is 24.3 Å². The lowest BCUT2D eigenvalue weighted by Gasteiger charge is -2.10. The number of nitriles is 1. The van der Waals surface area contributed by atoms with Crippen LogP contribution in [-0.2, 0) is 9.53 Å². The van der Waals surface area contributed by atoms with E-state index in [1.807, 2.05) is 13.0 Å². The molecule has 0 saturated heterocycles. The smallest absolute Gasteiger partial charge is 0.224 e. The third kappa shape index (κ3) is 4.66. The van der Waals surface area contributed by atoms with Crippen LogP contribution >= 0.6 is 0 Å². The number of ether oxygens (including phenoxy) is 1. The van der Waals surface area contributed by atoms with Crippen LogP contribution in [0.1, 0.15) is 18.9 Å². The van der Waals surface area contributed by atoms with Gasteiger partial charge >= 0.3 is 0 Å². The number of carbonyl (C=O) groups is 1. The summed E-state index contributed by atoms with van der Waals surface area (Å²) in [6.07, 6.45) is 0.424. The van der Waals surface area contributed by atoms with Crippen LogP contribution < -0.4 is 5.32 Å². The largest absolute Gasteiger partial charge is 0.384 e. The molecular formula is C13H16N2O2. The summed E-state index contributed by atoms with van der Waals surface area (Å²) < 4.78 is 4.97. The minimum atomic E-state index is -0.0424. The summed E-state index contributed by atoms with van der Waals surface area (Å²) in [4.78, 5) is 11.6. The second-order valence-electron chi connectivity index (χ2n) is 4.00. The maximum Gasteiger partial charge on any atom is 0.224 e. The average Bonchev–Trinajstić information content (AvgIpc) is 2.30. The third-order valence-electron chi connectivity index (χ3n) is 2.28. The summed E-state index contributed by atoms with van der Waals surface area (Å²) in [6.45, 7) is 2.53. The summed E-state index contributed by atoms with van der Waals surface area (Å²) >= 11 is 0. The molecule has 0 spiro atoms. The van der Waals surface area contributed by atoms with E-state index in [9.17, 15) is 4.79 Å². The molecule has 0 fully saturated rings. The predicted molar refractivity (Wildman–Crippen MR) is 65.4 cm³/mol. The maximum absolute atomic E-state index is 11.6. The van der Waals surface area contributed by atoms with E-state index in [-0.39, 0.29) is 11.8 Å². The van der Waals surface area contributed by atoms with Crippen molar-refractivity contribution in [1.29, 1.82) is 5.26 Å². The van der Waals surface area contributed by atoms with Crippen molar-refractivity contribution in [3.8, 4) is 6.07 Å². The number of carbonyl (C=O) groups excluding carboxylic acids is 1. The fourth-order valence-electron chi connectivity index (χ4n) is 1.50. The summed E-state index contributed by atoms with van der Waals surface area (Å²) in [5.74, 6) is 0.151. The molecule has 0 saturated carbocycles. The van der Waals surface area contributed by atoms with E-state index in [1.54, 1.807) is 31.4 Å². The van der Waals surface area contributed by atoms with Gasteiger partial charge in [-0.25, -0.2) is 0 Å². The van der Waals surface area contributed by atoms with Crippen molar-refractivity contribution < 1.29 is 9.53 Å². The molecule has 1 atom stereocenters. The second-order valence-corrected chi connectivity index (χ2v) is 4.00. The third-order valence-corrected chi connectivity index (χ3v) is 2.28. The highest BCUT2D eigenvalue weighted by molar-refractivity contribution is 5.90. The van der Waals surface area contributed by atoms with E-state index >= 15 is 0 Å². The van der Waals surface area contributed by atoms with Gasteiger partial charge in [0.2, 0.25) is 5.91 Å². The van der Waals surface area contributed by atoms with Crippen molar-refractivity contribution in [2.24, 2.45) is 5.92 Å². The zero-order valence-electron chi connectivity index (χ0n) is 10.1. The standard InChI is InChI=1S/C13H16N2O2/c1-10(9-17-2)7-13(16)15-12-5-3-11(8-14)4-6-12/h3-6,10H,7,9H2,1-2H3,(H,15,16). The summed E-state index contributed by atoms with van der Waals surface area (Å²) in [6, 6.07) is 8.82. The highest BCUT2D eigenvalue weighted by Crippen LogP contribution is 2.10. The van der Waals surface area contributed by atoms with Gasteiger partial charge < -0.3 is 10.1 Å². The van der Waals surface area contributed by atoms with E-state index in [4.69, 9.17) is 10.00 Å². The molecule has 0 bridgehead atoms. The zero-order chi connectivity index (χ0) is 12.7. The van der Waals surface area contributed by atoms with Crippen LogP contribution in [0, 0.1) is 17.2 Å². The van der Waals surface area contributed by atoms with Gasteiger partial charge in [-0.1, -0.05) is 6.92 Å². The van der Waals surface area contributed by atoms with Gasteiger partial charge in [-0.15, -0.1) is 0 Å². The molecule has 4 nitrogen and oxygen atoms in total. The van der Waals surface area contributed by atoms with E-state index in [0.29, 0.717) is 24.3 Å². The summed E-state index contributed by atoms with van der Waals surface area (Å²) in [5, 5.41) is 11.4. The molecule has 90 valence electrons. The van der Waals surface area contributed by atoms with E-state index < -0.39 is 0 Å². The van der Waals surface area contributed by atoms with E-state index in [0.717, 1.165) is 0 Å². The number of anilines is 1. The molecule has 4 heteroatoms. The maximum atomic E-state index is 11.6. The Hall–Kier alpha value is -1.86. The van der Waals surface area contributed by atoms with Gasteiger partial charge in [-0.05, 0) is 30.2 Å². The van der Waals surface area contributed by atoms with Gasteiger partial charge in [-0.3, -0.25) is 4.79 Å². The molecule has 0 heterocycles. The Bertz CT molecular complexity index is 406. The van der Waals surface area contributed by atoms with E-state index in [2.05, 4.69) is 5.32 Å². The minimum absolute atomic E-state index is 0.0424. The fraction of sp³-hybridized carbons (Fsp3) is 0.385. The Labute approximate surface area is 101 Å². The molecule has 1 aromatic rings. The summed E-state index contributed by atoms with van der Waals surface area (Å²) in [5.41, 5.74) is 1.29. The number of hydrogen-bond donors (Lipinski definition) is 1. The molecule has 1 amide bonds. The molecule has 1 aromatic carbocycles. The van der Waals surface area contributed by atoms with Crippen molar-refractivity contribution in [2.75, 3.05) is 19.0 Å². The molecule has 0 aliphatic heterocycles. The summed E-state index contributed by atoms with van der Waals surface area (Å²) in [7, 11) is 1.62. The molecule has 1 N–H and O–H groups in total. The molecule has 1 unspecified atom stereocenters. The molecule has 0 radical (unpaired) electrons. The Morgan fingerprint density at radius 2 is 2.12 bits per heavy atom. The Kier molecular flexibility index (Phi) is 5.18. The van der Waals surface area contributed by atoms with Gasteiger partial charge in [0.25, 0.3) is 0 Å². The van der Waals surface area contributed by atoms with Crippen LogP contribution in [0.4, 0.5) is 5.69 Å². The van der Waals surface area contributed by atoms with Crippen LogP contribution in [0.25, 0.3) is 0 Å². The normalized spacial score (nSPS) is 11.6. The first-order valence-corrected chi connectivity index (χ1v) is 5.44. The van der Waals surface area contributed by atoms with Crippen molar-refractivity contribution in [3.05, 3.63) is 29.8 Å². The van der Waals surface area contributed by atoms with Gasteiger partial charge in [0, 0.05) is 25.8 Å². The molecule has 1 rings (SSSR count). The van der Waals surface area contributed by atoms with Crippen LogP contribution in [0.5, 0.6) is 0 Å². The Morgan fingerprint density at radius 1 is 1.47 bits per heavy atom. The van der Waals surface area contributed by atoms with Crippen LogP contribution in [0.2, 0.25) is 0 Å². The lowest BCUT2D eigenvalue weighted by molar-refractivity contribution is -0.117. The van der Waals surface area contributed by atoms with Crippen LogP contribution in [-0.4, -0.2) is 19.6 Å². The number of hydrogen-bond acceptors (Lipinski definition) is 3. The van der Waals surface area contributed by atoms with Gasteiger partial charge in [-0.2, -0.15) is 5.26 Å². The Morgan fingerprint density at radius 3 is 2.65 bits per heavy atom. The van der Waals surface area contributed by atoms with Gasteiger partial charge in [0.1, 0.15) is 0 Å². The molecule has 0 aliphatic carbocycles. The Balaban J connectivity index is 2.48. The average molecular weight is 232 g/mol. The highest BCUT2D eigenvalue weighted by Gasteiger charge is 2.08. The monoisotopic (exact) mass is 232 g/mol. The zero-order valence-corrected chi connectivity index (χ0v) is 10.1. The highest BCUT2D eigenvalue weighted by atomic mass is 16.5. The fourth-order valence-corrected chi connectivity index (χ4v) is 1.50. The van der Waals surface area contributed by atoms with Gasteiger partial charge in [0.15, 0.2) is 0 Å². The number of amides is 1. The first kappa shape index (κ1) is 13.2. The van der Waals surface area contributed by atoms with Gasteiger partial charge in [0.05, 0.1) is 11.6 Å². The van der Waals surface area contributed by atoms with Crippen molar-refractivity contribution in [1.82, 2.24) is 0 Å². The predicted octanol–water partition coefficient (Wildman–Crippen LogP) is 2.17. The molecular weight excluding hydrogens is 216 g/mol. The number of nitrogens with one attached hydrogen (secondary N) is 1. The van der Waals surface area contributed by atoms with Crippen molar-refractivity contribution >= 4 is 11.6 Å². The topological polar surface area (TPSA) is 62.1 Å². The SMILES string of the molecule is COCC(C)CC(=O)Nc1ccc(C#N)cc1. The quantitative estimate of drug-likeness (QED) is 0.846. The molecule has 0 aliphatic rings. The molecule has 0 aromatic heterocycles.